The standard InChI is InChI=1S/C15H21FN2OS/c1-4-15(5-2)9-17-14(20-10-15)18-11-6-7-12(16)13(8-11)19-3/h6-8H,4-5,9-10H2,1-3H3,(H,17,18). The number of anilines is 1. The number of amidine groups is 1. The topological polar surface area (TPSA) is 33.6 Å². The zero-order valence-electron chi connectivity index (χ0n) is 12.2. The summed E-state index contributed by atoms with van der Waals surface area (Å²) in [6.07, 6.45) is 2.30. The van der Waals surface area contributed by atoms with Gasteiger partial charge in [-0.1, -0.05) is 25.6 Å². The highest BCUT2D eigenvalue weighted by atomic mass is 32.2. The number of nitrogens with zero attached hydrogens (tertiary/aromatic N) is 1. The van der Waals surface area contributed by atoms with Crippen LogP contribution in [0.25, 0.3) is 0 Å². The van der Waals surface area contributed by atoms with Crippen molar-refractivity contribution in [3.63, 3.8) is 0 Å². The fourth-order valence-electron chi connectivity index (χ4n) is 2.17. The number of hydrogen-bond acceptors (Lipinski definition) is 4. The Kier molecular flexibility index (Phi) is 4.91. The molecule has 1 aliphatic rings. The maximum Gasteiger partial charge on any atom is 0.165 e. The summed E-state index contributed by atoms with van der Waals surface area (Å²) >= 11 is 1.74. The minimum Gasteiger partial charge on any atom is -0.494 e. The van der Waals surface area contributed by atoms with E-state index in [2.05, 4.69) is 24.2 Å². The molecule has 0 saturated carbocycles. The Hall–Kier alpha value is -1.23. The van der Waals surface area contributed by atoms with E-state index in [-0.39, 0.29) is 11.6 Å². The van der Waals surface area contributed by atoms with Gasteiger partial charge in [-0.3, -0.25) is 4.99 Å². The SMILES string of the molecule is CCC1(CC)CN=C(Nc2ccc(F)c(OC)c2)SC1. The van der Waals surface area contributed by atoms with E-state index >= 15 is 0 Å². The lowest BCUT2D eigenvalue weighted by Crippen LogP contribution is -2.32. The Morgan fingerprint density at radius 3 is 2.70 bits per heavy atom. The summed E-state index contributed by atoms with van der Waals surface area (Å²) in [5.74, 6) is 0.963. The van der Waals surface area contributed by atoms with Crippen molar-refractivity contribution in [2.24, 2.45) is 10.4 Å². The van der Waals surface area contributed by atoms with Crippen LogP contribution in [0, 0.1) is 11.2 Å². The Morgan fingerprint density at radius 1 is 1.40 bits per heavy atom. The van der Waals surface area contributed by atoms with Gasteiger partial charge in [-0.15, -0.1) is 0 Å². The lowest BCUT2D eigenvalue weighted by Gasteiger charge is -2.33. The molecule has 0 radical (unpaired) electrons. The Morgan fingerprint density at radius 2 is 2.15 bits per heavy atom. The summed E-state index contributed by atoms with van der Waals surface area (Å²) in [7, 11) is 1.46. The summed E-state index contributed by atoms with van der Waals surface area (Å²) in [6.45, 7) is 5.30. The van der Waals surface area contributed by atoms with E-state index < -0.39 is 0 Å². The van der Waals surface area contributed by atoms with Gasteiger partial charge in [-0.25, -0.2) is 4.39 Å². The predicted octanol–water partition coefficient (Wildman–Crippen LogP) is 4.16. The molecule has 0 amide bonds. The number of halogens is 1. The summed E-state index contributed by atoms with van der Waals surface area (Å²) in [5, 5.41) is 4.13. The third-order valence-corrected chi connectivity index (χ3v) is 5.24. The molecular weight excluding hydrogens is 275 g/mol. The highest BCUT2D eigenvalue weighted by Crippen LogP contribution is 2.35. The normalized spacial score (nSPS) is 17.5. The fraction of sp³-hybridized carbons (Fsp3) is 0.533. The first-order valence-electron chi connectivity index (χ1n) is 6.90. The number of nitrogens with one attached hydrogen (secondary N) is 1. The molecule has 0 atom stereocenters. The predicted molar refractivity (Wildman–Crippen MR) is 84.3 cm³/mol. The monoisotopic (exact) mass is 296 g/mol. The van der Waals surface area contributed by atoms with Crippen molar-refractivity contribution in [3.8, 4) is 5.75 Å². The first kappa shape index (κ1) is 15.2. The van der Waals surface area contributed by atoms with Crippen LogP contribution in [-0.2, 0) is 0 Å². The molecule has 110 valence electrons. The van der Waals surface area contributed by atoms with Crippen LogP contribution in [0.2, 0.25) is 0 Å². The van der Waals surface area contributed by atoms with Gasteiger partial charge in [0, 0.05) is 24.1 Å². The lowest BCUT2D eigenvalue weighted by molar-refractivity contribution is 0.318. The van der Waals surface area contributed by atoms with Crippen LogP contribution in [0.3, 0.4) is 0 Å². The summed E-state index contributed by atoms with van der Waals surface area (Å²) in [5.41, 5.74) is 1.13. The average Bonchev–Trinajstić information content (AvgIpc) is 2.50. The van der Waals surface area contributed by atoms with Gasteiger partial charge in [0.15, 0.2) is 16.7 Å². The average molecular weight is 296 g/mol. The minimum absolute atomic E-state index is 0.243. The molecule has 5 heteroatoms. The van der Waals surface area contributed by atoms with Crippen LogP contribution >= 0.6 is 11.8 Å². The number of hydrogen-bond donors (Lipinski definition) is 1. The van der Waals surface area contributed by atoms with Crippen molar-refractivity contribution in [2.75, 3.05) is 24.7 Å². The van der Waals surface area contributed by atoms with Gasteiger partial charge in [0.2, 0.25) is 0 Å². The van der Waals surface area contributed by atoms with Crippen molar-refractivity contribution < 1.29 is 9.13 Å². The first-order valence-corrected chi connectivity index (χ1v) is 7.89. The van der Waals surface area contributed by atoms with Crippen molar-refractivity contribution in [3.05, 3.63) is 24.0 Å². The summed E-state index contributed by atoms with van der Waals surface area (Å²) < 4.78 is 18.3. The van der Waals surface area contributed by atoms with Gasteiger partial charge in [-0.05, 0) is 30.4 Å². The third kappa shape index (κ3) is 3.26. The molecule has 0 unspecified atom stereocenters. The van der Waals surface area contributed by atoms with Crippen molar-refractivity contribution in [2.45, 2.75) is 26.7 Å². The molecule has 0 fully saturated rings. The molecule has 1 aromatic carbocycles. The number of ether oxygens (including phenoxy) is 1. The lowest BCUT2D eigenvalue weighted by atomic mass is 9.84. The Labute approximate surface area is 124 Å². The molecule has 0 spiro atoms. The second-order valence-corrected chi connectivity index (χ2v) is 6.06. The van der Waals surface area contributed by atoms with Crippen LogP contribution in [0.15, 0.2) is 23.2 Å². The fourth-order valence-corrected chi connectivity index (χ4v) is 3.45. The van der Waals surface area contributed by atoms with Crippen LogP contribution in [0.5, 0.6) is 5.75 Å². The first-order chi connectivity index (χ1) is 9.62. The molecule has 1 aliphatic heterocycles. The van der Waals surface area contributed by atoms with Gasteiger partial charge in [0.25, 0.3) is 0 Å². The Balaban J connectivity index is 2.06. The molecule has 3 nitrogen and oxygen atoms in total. The second-order valence-electron chi connectivity index (χ2n) is 5.09. The van der Waals surface area contributed by atoms with E-state index in [9.17, 15) is 4.39 Å². The quantitative estimate of drug-likeness (QED) is 0.906. The van der Waals surface area contributed by atoms with Gasteiger partial charge < -0.3 is 10.1 Å². The van der Waals surface area contributed by atoms with Gasteiger partial charge in [0.1, 0.15) is 0 Å². The Bertz CT molecular complexity index is 501. The molecule has 0 aliphatic carbocycles. The molecule has 0 bridgehead atoms. The third-order valence-electron chi connectivity index (χ3n) is 3.98. The van der Waals surface area contributed by atoms with Crippen LogP contribution in [0.1, 0.15) is 26.7 Å². The molecular formula is C15H21FN2OS. The molecule has 0 saturated heterocycles. The molecule has 1 N–H and O–H groups in total. The van der Waals surface area contributed by atoms with Crippen molar-refractivity contribution in [1.82, 2.24) is 0 Å². The molecule has 0 aromatic heterocycles. The number of thioether (sulfide) groups is 1. The van der Waals surface area contributed by atoms with Gasteiger partial charge in [-0.2, -0.15) is 0 Å². The number of methoxy groups -OCH3 is 1. The van der Waals surface area contributed by atoms with E-state index in [4.69, 9.17) is 4.74 Å². The smallest absolute Gasteiger partial charge is 0.165 e. The number of benzene rings is 1. The molecule has 20 heavy (non-hydrogen) atoms. The van der Waals surface area contributed by atoms with Crippen molar-refractivity contribution in [1.29, 1.82) is 0 Å². The van der Waals surface area contributed by atoms with Gasteiger partial charge >= 0.3 is 0 Å². The maximum absolute atomic E-state index is 13.4. The van der Waals surface area contributed by atoms with E-state index in [1.807, 2.05) is 0 Å². The van der Waals surface area contributed by atoms with Crippen LogP contribution in [-0.4, -0.2) is 24.6 Å². The van der Waals surface area contributed by atoms with E-state index in [0.29, 0.717) is 5.41 Å². The molecule has 2 rings (SSSR count). The van der Waals surface area contributed by atoms with E-state index in [1.165, 1.54) is 13.2 Å². The molecule has 1 aromatic rings. The minimum atomic E-state index is -0.354. The molecule has 1 heterocycles. The summed E-state index contributed by atoms with van der Waals surface area (Å²) in [6, 6.07) is 4.75. The van der Waals surface area contributed by atoms with Crippen molar-refractivity contribution >= 4 is 22.6 Å². The highest BCUT2D eigenvalue weighted by molar-refractivity contribution is 8.14. The van der Waals surface area contributed by atoms with E-state index in [0.717, 1.165) is 36.0 Å². The zero-order valence-corrected chi connectivity index (χ0v) is 13.0. The van der Waals surface area contributed by atoms with Crippen LogP contribution in [0.4, 0.5) is 10.1 Å². The second kappa shape index (κ2) is 6.48. The number of aliphatic imine (C=N–C) groups is 1. The van der Waals surface area contributed by atoms with E-state index in [1.54, 1.807) is 23.9 Å². The highest BCUT2D eigenvalue weighted by Gasteiger charge is 2.30. The zero-order chi connectivity index (χ0) is 14.6. The summed E-state index contributed by atoms with van der Waals surface area (Å²) in [4.78, 5) is 4.63. The van der Waals surface area contributed by atoms with Crippen LogP contribution < -0.4 is 10.1 Å². The number of rotatable bonds is 4. The van der Waals surface area contributed by atoms with Gasteiger partial charge in [0.05, 0.1) is 7.11 Å². The largest absolute Gasteiger partial charge is 0.494 e. The maximum atomic E-state index is 13.4.